The Morgan fingerprint density at radius 1 is 1.40 bits per heavy atom. The lowest BCUT2D eigenvalue weighted by molar-refractivity contribution is -0.0193. The Morgan fingerprint density at radius 3 is 2.67 bits per heavy atom. The van der Waals surface area contributed by atoms with Gasteiger partial charge in [0.05, 0.1) is 0 Å². The number of thiophene rings is 1. The molecule has 1 saturated carbocycles. The third kappa shape index (κ3) is 1.99. The van der Waals surface area contributed by atoms with Crippen molar-refractivity contribution < 1.29 is 9.53 Å². The first-order valence-corrected chi connectivity index (χ1v) is 6.35. The minimum atomic E-state index is -0.528. The van der Waals surface area contributed by atoms with Gasteiger partial charge in [0, 0.05) is 18.1 Å². The van der Waals surface area contributed by atoms with E-state index in [0.717, 1.165) is 31.2 Å². The standard InChI is InChI=1S/C12H16O2S/c1-14-12(6-3-2-4-7-12)11(13)10-5-8-15-9-10/h5,8-9H,2-4,6-7H2,1H3. The van der Waals surface area contributed by atoms with E-state index in [-0.39, 0.29) is 5.78 Å². The summed E-state index contributed by atoms with van der Waals surface area (Å²) in [4.78, 5) is 12.3. The molecule has 0 unspecified atom stereocenters. The molecule has 3 heteroatoms. The van der Waals surface area contributed by atoms with Gasteiger partial charge in [-0.25, -0.2) is 0 Å². The van der Waals surface area contributed by atoms with Crippen LogP contribution < -0.4 is 0 Å². The van der Waals surface area contributed by atoms with Gasteiger partial charge in [0.2, 0.25) is 0 Å². The summed E-state index contributed by atoms with van der Waals surface area (Å²) >= 11 is 1.56. The molecular formula is C12H16O2S. The molecule has 1 aromatic heterocycles. The molecule has 0 bridgehead atoms. The number of rotatable bonds is 3. The number of ether oxygens (including phenoxy) is 1. The smallest absolute Gasteiger partial charge is 0.195 e. The molecule has 0 aromatic carbocycles. The van der Waals surface area contributed by atoms with Crippen molar-refractivity contribution in [2.45, 2.75) is 37.7 Å². The van der Waals surface area contributed by atoms with Crippen LogP contribution in [0.2, 0.25) is 0 Å². The summed E-state index contributed by atoms with van der Waals surface area (Å²) in [6.07, 6.45) is 5.17. The van der Waals surface area contributed by atoms with Crippen molar-refractivity contribution in [2.75, 3.05) is 7.11 Å². The first-order valence-electron chi connectivity index (χ1n) is 5.41. The molecule has 2 rings (SSSR count). The van der Waals surface area contributed by atoms with Gasteiger partial charge in [0.1, 0.15) is 5.60 Å². The molecule has 1 aliphatic rings. The first-order chi connectivity index (χ1) is 7.28. The second-order valence-electron chi connectivity index (χ2n) is 4.10. The van der Waals surface area contributed by atoms with E-state index in [1.54, 1.807) is 18.4 Å². The van der Waals surface area contributed by atoms with E-state index in [9.17, 15) is 4.79 Å². The van der Waals surface area contributed by atoms with E-state index in [4.69, 9.17) is 4.74 Å². The number of Topliss-reactive ketones (excluding diaryl/α,β-unsaturated/α-hetero) is 1. The zero-order valence-electron chi connectivity index (χ0n) is 8.99. The van der Waals surface area contributed by atoms with Gasteiger partial charge in [-0.1, -0.05) is 19.3 Å². The summed E-state index contributed by atoms with van der Waals surface area (Å²) in [6.45, 7) is 0. The second kappa shape index (κ2) is 4.45. The Bertz CT molecular complexity index is 323. The van der Waals surface area contributed by atoms with E-state index in [1.165, 1.54) is 6.42 Å². The van der Waals surface area contributed by atoms with Crippen LogP contribution in [0.25, 0.3) is 0 Å². The summed E-state index contributed by atoms with van der Waals surface area (Å²) < 4.78 is 5.52. The normalized spacial score (nSPS) is 20.1. The average Bonchev–Trinajstić information content (AvgIpc) is 2.82. The van der Waals surface area contributed by atoms with Crippen LogP contribution in [0.3, 0.4) is 0 Å². The highest BCUT2D eigenvalue weighted by molar-refractivity contribution is 7.08. The molecule has 15 heavy (non-hydrogen) atoms. The molecule has 0 aliphatic heterocycles. The lowest BCUT2D eigenvalue weighted by atomic mass is 9.80. The zero-order chi connectivity index (χ0) is 10.7. The summed E-state index contributed by atoms with van der Waals surface area (Å²) in [6, 6.07) is 1.89. The molecule has 0 atom stereocenters. The number of hydrogen-bond donors (Lipinski definition) is 0. The van der Waals surface area contributed by atoms with Crippen molar-refractivity contribution in [1.29, 1.82) is 0 Å². The molecule has 82 valence electrons. The highest BCUT2D eigenvalue weighted by Gasteiger charge is 2.39. The maximum Gasteiger partial charge on any atom is 0.195 e. The summed E-state index contributed by atoms with van der Waals surface area (Å²) in [5.41, 5.74) is 0.281. The Kier molecular flexibility index (Phi) is 3.22. The van der Waals surface area contributed by atoms with Crippen molar-refractivity contribution in [3.8, 4) is 0 Å². The molecule has 1 aliphatic carbocycles. The molecule has 2 nitrogen and oxygen atoms in total. The molecule has 1 fully saturated rings. The quantitative estimate of drug-likeness (QED) is 0.736. The Balaban J connectivity index is 2.22. The molecule has 1 aromatic rings. The highest BCUT2D eigenvalue weighted by Crippen LogP contribution is 2.34. The number of ketones is 1. The van der Waals surface area contributed by atoms with Gasteiger partial charge in [-0.05, 0) is 24.3 Å². The molecule has 0 amide bonds. The topological polar surface area (TPSA) is 26.3 Å². The predicted molar refractivity (Wildman–Crippen MR) is 61.5 cm³/mol. The molecular weight excluding hydrogens is 208 g/mol. The summed E-state index contributed by atoms with van der Waals surface area (Å²) in [5, 5.41) is 3.86. The maximum absolute atomic E-state index is 12.3. The number of methoxy groups -OCH3 is 1. The van der Waals surface area contributed by atoms with Gasteiger partial charge in [-0.2, -0.15) is 11.3 Å². The molecule has 0 spiro atoms. The van der Waals surface area contributed by atoms with Crippen LogP contribution in [0.15, 0.2) is 16.8 Å². The van der Waals surface area contributed by atoms with Crippen molar-refractivity contribution in [1.82, 2.24) is 0 Å². The minimum absolute atomic E-state index is 0.172. The summed E-state index contributed by atoms with van der Waals surface area (Å²) in [7, 11) is 1.66. The lowest BCUT2D eigenvalue weighted by Gasteiger charge is -2.34. The van der Waals surface area contributed by atoms with Crippen LogP contribution in [-0.2, 0) is 4.74 Å². The highest BCUT2D eigenvalue weighted by atomic mass is 32.1. The minimum Gasteiger partial charge on any atom is -0.370 e. The van der Waals surface area contributed by atoms with E-state index in [1.807, 2.05) is 16.8 Å². The van der Waals surface area contributed by atoms with Crippen LogP contribution in [0.4, 0.5) is 0 Å². The number of carbonyl (C=O) groups excluding carboxylic acids is 1. The summed E-state index contributed by atoms with van der Waals surface area (Å²) in [5.74, 6) is 0.172. The van der Waals surface area contributed by atoms with E-state index in [2.05, 4.69) is 0 Å². The SMILES string of the molecule is COC1(C(=O)c2ccsc2)CCCCC1. The van der Waals surface area contributed by atoms with E-state index in [0.29, 0.717) is 0 Å². The van der Waals surface area contributed by atoms with Crippen molar-refractivity contribution in [3.05, 3.63) is 22.4 Å². The Morgan fingerprint density at radius 2 is 2.13 bits per heavy atom. The fourth-order valence-corrected chi connectivity index (χ4v) is 2.94. The van der Waals surface area contributed by atoms with E-state index < -0.39 is 5.60 Å². The van der Waals surface area contributed by atoms with Crippen molar-refractivity contribution in [2.24, 2.45) is 0 Å². The zero-order valence-corrected chi connectivity index (χ0v) is 9.81. The molecule has 0 N–H and O–H groups in total. The fraction of sp³-hybridized carbons (Fsp3) is 0.583. The third-order valence-electron chi connectivity index (χ3n) is 3.25. The maximum atomic E-state index is 12.3. The fourth-order valence-electron chi connectivity index (χ4n) is 2.30. The first kappa shape index (κ1) is 10.8. The van der Waals surface area contributed by atoms with Crippen molar-refractivity contribution >= 4 is 17.1 Å². The van der Waals surface area contributed by atoms with Crippen molar-refractivity contribution in [3.63, 3.8) is 0 Å². The average molecular weight is 224 g/mol. The Hall–Kier alpha value is -0.670. The van der Waals surface area contributed by atoms with Gasteiger partial charge >= 0.3 is 0 Å². The Labute approximate surface area is 94.3 Å². The van der Waals surface area contributed by atoms with E-state index >= 15 is 0 Å². The molecule has 1 heterocycles. The monoisotopic (exact) mass is 224 g/mol. The van der Waals surface area contributed by atoms with Gasteiger partial charge in [-0.3, -0.25) is 4.79 Å². The van der Waals surface area contributed by atoms with Gasteiger partial charge in [0.15, 0.2) is 5.78 Å². The molecule has 0 saturated heterocycles. The largest absolute Gasteiger partial charge is 0.370 e. The van der Waals surface area contributed by atoms with Crippen LogP contribution in [0, 0.1) is 0 Å². The predicted octanol–water partition coefficient (Wildman–Crippen LogP) is 3.28. The lowest BCUT2D eigenvalue weighted by Crippen LogP contribution is -2.42. The molecule has 0 radical (unpaired) electrons. The second-order valence-corrected chi connectivity index (χ2v) is 4.88. The van der Waals surface area contributed by atoms with Gasteiger partial charge < -0.3 is 4.74 Å². The van der Waals surface area contributed by atoms with Gasteiger partial charge in [0.25, 0.3) is 0 Å². The van der Waals surface area contributed by atoms with Crippen LogP contribution in [0.5, 0.6) is 0 Å². The number of hydrogen-bond acceptors (Lipinski definition) is 3. The third-order valence-corrected chi connectivity index (χ3v) is 3.93. The number of carbonyl (C=O) groups is 1. The van der Waals surface area contributed by atoms with Gasteiger partial charge in [-0.15, -0.1) is 0 Å². The van der Waals surface area contributed by atoms with Crippen LogP contribution in [0.1, 0.15) is 42.5 Å². The van der Waals surface area contributed by atoms with Crippen LogP contribution in [-0.4, -0.2) is 18.5 Å². The van der Waals surface area contributed by atoms with Crippen LogP contribution >= 0.6 is 11.3 Å².